The normalized spacial score (nSPS) is 12.0. The van der Waals surface area contributed by atoms with Crippen molar-refractivity contribution in [3.05, 3.63) is 58.6 Å². The average molecular weight is 282 g/mol. The van der Waals surface area contributed by atoms with E-state index in [-0.39, 0.29) is 16.6 Å². The summed E-state index contributed by atoms with van der Waals surface area (Å²) in [6.07, 6.45) is 3.08. The highest BCUT2D eigenvalue weighted by Crippen LogP contribution is 2.27. The fraction of sp³-hybridized carbons (Fsp3) is 0.235. The van der Waals surface area contributed by atoms with Crippen LogP contribution in [0.15, 0.2) is 47.5 Å². The third kappa shape index (κ3) is 2.44. The van der Waals surface area contributed by atoms with E-state index < -0.39 is 0 Å². The van der Waals surface area contributed by atoms with Crippen LogP contribution in [0, 0.1) is 0 Å². The molecule has 2 aromatic heterocycles. The number of aromatic amines is 1. The first-order valence-electron chi connectivity index (χ1n) is 6.89. The van der Waals surface area contributed by atoms with Gasteiger partial charge >= 0.3 is 0 Å². The Kier molecular flexibility index (Phi) is 2.90. The van der Waals surface area contributed by atoms with Crippen molar-refractivity contribution in [3.8, 4) is 11.4 Å². The van der Waals surface area contributed by atoms with Gasteiger partial charge in [-0.1, -0.05) is 20.8 Å². The second kappa shape index (κ2) is 4.52. The van der Waals surface area contributed by atoms with E-state index in [1.807, 2.05) is 18.2 Å². The molecule has 0 fully saturated rings. The van der Waals surface area contributed by atoms with E-state index in [0.29, 0.717) is 0 Å². The first-order valence-corrected chi connectivity index (χ1v) is 6.89. The number of rotatable bonds is 1. The van der Waals surface area contributed by atoms with Gasteiger partial charge < -0.3 is 14.7 Å². The van der Waals surface area contributed by atoms with Gasteiger partial charge in [-0.15, -0.1) is 0 Å². The Labute approximate surface area is 122 Å². The van der Waals surface area contributed by atoms with Crippen LogP contribution in [0.25, 0.3) is 16.6 Å². The van der Waals surface area contributed by atoms with E-state index in [4.69, 9.17) is 0 Å². The van der Waals surface area contributed by atoms with E-state index >= 15 is 0 Å². The molecule has 0 aliphatic rings. The Morgan fingerprint density at radius 2 is 1.90 bits per heavy atom. The van der Waals surface area contributed by atoms with Crippen molar-refractivity contribution in [2.75, 3.05) is 0 Å². The molecular weight excluding hydrogens is 264 g/mol. The van der Waals surface area contributed by atoms with E-state index in [0.717, 1.165) is 16.6 Å². The molecule has 0 saturated heterocycles. The number of hydrogen-bond donors (Lipinski definition) is 2. The Morgan fingerprint density at radius 1 is 1.14 bits per heavy atom. The summed E-state index contributed by atoms with van der Waals surface area (Å²) in [7, 11) is 0. The number of pyridine rings is 1. The summed E-state index contributed by atoms with van der Waals surface area (Å²) in [5.41, 5.74) is 2.85. The van der Waals surface area contributed by atoms with Crippen molar-refractivity contribution in [1.29, 1.82) is 0 Å². The second-order valence-corrected chi connectivity index (χ2v) is 6.31. The van der Waals surface area contributed by atoms with Crippen LogP contribution in [0.2, 0.25) is 0 Å². The lowest BCUT2D eigenvalue weighted by Crippen LogP contribution is -2.10. The minimum atomic E-state index is -0.371. The predicted molar refractivity (Wildman–Crippen MR) is 84.3 cm³/mol. The van der Waals surface area contributed by atoms with Gasteiger partial charge in [0.05, 0.1) is 6.20 Å². The molecule has 1 aromatic carbocycles. The van der Waals surface area contributed by atoms with Crippen molar-refractivity contribution in [2.45, 2.75) is 26.2 Å². The lowest BCUT2D eigenvalue weighted by molar-refractivity contribution is 0.465. The van der Waals surface area contributed by atoms with Gasteiger partial charge in [0.15, 0.2) is 5.75 Å². The first-order chi connectivity index (χ1) is 9.84. The maximum atomic E-state index is 11.3. The van der Waals surface area contributed by atoms with Crippen molar-refractivity contribution >= 4 is 10.9 Å². The maximum absolute atomic E-state index is 11.3. The Bertz CT molecular complexity index is 866. The van der Waals surface area contributed by atoms with Gasteiger partial charge in [-0.2, -0.15) is 0 Å². The van der Waals surface area contributed by atoms with Crippen LogP contribution >= 0.6 is 0 Å². The molecule has 0 unspecified atom stereocenters. The number of benzene rings is 1. The van der Waals surface area contributed by atoms with Crippen LogP contribution in [0.1, 0.15) is 26.5 Å². The minimum absolute atomic E-state index is 0.0643. The summed E-state index contributed by atoms with van der Waals surface area (Å²) in [4.78, 5) is 14.7. The van der Waals surface area contributed by atoms with Crippen LogP contribution in [-0.4, -0.2) is 14.7 Å². The van der Waals surface area contributed by atoms with Gasteiger partial charge in [0, 0.05) is 40.0 Å². The number of aromatic nitrogens is 2. The van der Waals surface area contributed by atoms with Crippen molar-refractivity contribution in [2.24, 2.45) is 0 Å². The number of nitrogens with one attached hydrogen (secondary N) is 1. The van der Waals surface area contributed by atoms with Gasteiger partial charge in [0.25, 0.3) is 0 Å². The van der Waals surface area contributed by atoms with Gasteiger partial charge in [-0.05, 0) is 24.3 Å². The number of fused-ring (bicyclic) bond motifs is 1. The molecule has 0 bridgehead atoms. The quantitative estimate of drug-likeness (QED) is 0.719. The molecule has 21 heavy (non-hydrogen) atoms. The summed E-state index contributed by atoms with van der Waals surface area (Å²) < 4.78 is 1.74. The third-order valence-corrected chi connectivity index (χ3v) is 3.61. The Balaban J connectivity index is 2.12. The molecule has 2 N–H and O–H groups in total. The molecule has 108 valence electrons. The number of H-pyrrole nitrogens is 1. The van der Waals surface area contributed by atoms with E-state index in [2.05, 4.69) is 31.8 Å². The molecule has 4 heteroatoms. The maximum Gasteiger partial charge on any atom is 0.223 e. The van der Waals surface area contributed by atoms with E-state index in [9.17, 15) is 9.90 Å². The zero-order valence-corrected chi connectivity index (χ0v) is 12.3. The number of hydrogen-bond acceptors (Lipinski definition) is 2. The van der Waals surface area contributed by atoms with Gasteiger partial charge in [-0.3, -0.25) is 4.79 Å². The summed E-state index contributed by atoms with van der Waals surface area (Å²) in [5, 5.41) is 10.7. The molecule has 2 heterocycles. The Morgan fingerprint density at radius 3 is 2.57 bits per heavy atom. The predicted octanol–water partition coefficient (Wildman–Crippen LogP) is 3.32. The lowest BCUT2D eigenvalue weighted by Gasteiger charge is -2.15. The fourth-order valence-corrected chi connectivity index (χ4v) is 2.32. The van der Waals surface area contributed by atoms with Crippen molar-refractivity contribution in [1.82, 2.24) is 9.55 Å². The highest BCUT2D eigenvalue weighted by molar-refractivity contribution is 5.83. The molecule has 0 amide bonds. The van der Waals surface area contributed by atoms with E-state index in [1.54, 1.807) is 10.8 Å². The summed E-state index contributed by atoms with van der Waals surface area (Å²) >= 11 is 0. The molecule has 0 saturated carbocycles. The fourth-order valence-electron chi connectivity index (χ4n) is 2.32. The molecule has 3 aromatic rings. The number of aromatic hydroxyl groups is 1. The zero-order valence-electron chi connectivity index (χ0n) is 12.3. The summed E-state index contributed by atoms with van der Waals surface area (Å²) in [6, 6.07) is 9.49. The molecule has 0 radical (unpaired) electrons. The Hall–Kier alpha value is -2.49. The molecule has 0 aliphatic carbocycles. The lowest BCUT2D eigenvalue weighted by atomic mass is 9.92. The minimum Gasteiger partial charge on any atom is -0.503 e. The average Bonchev–Trinajstić information content (AvgIpc) is 2.85. The molecule has 0 spiro atoms. The second-order valence-electron chi connectivity index (χ2n) is 6.31. The molecule has 0 atom stereocenters. The molecule has 0 aliphatic heterocycles. The topological polar surface area (TPSA) is 58.0 Å². The number of nitrogens with zero attached hydrogens (tertiary/aromatic N) is 1. The highest BCUT2D eigenvalue weighted by Gasteiger charge is 2.16. The van der Waals surface area contributed by atoms with Crippen LogP contribution in [0.4, 0.5) is 0 Å². The summed E-state index contributed by atoms with van der Waals surface area (Å²) in [6.45, 7) is 6.50. The first kappa shape index (κ1) is 13.5. The molecule has 4 nitrogen and oxygen atoms in total. The van der Waals surface area contributed by atoms with Crippen molar-refractivity contribution < 1.29 is 5.11 Å². The van der Waals surface area contributed by atoms with Gasteiger partial charge in [0.1, 0.15) is 0 Å². The van der Waals surface area contributed by atoms with Gasteiger partial charge in [0.2, 0.25) is 5.43 Å². The highest BCUT2D eigenvalue weighted by atomic mass is 16.3. The van der Waals surface area contributed by atoms with Crippen LogP contribution in [-0.2, 0) is 5.41 Å². The SMILES string of the molecule is CC(C)(C)c1cc2cc(-n3ccc(=O)c(O)c3)ccc2[nH]1. The van der Waals surface area contributed by atoms with Crippen LogP contribution in [0.5, 0.6) is 5.75 Å². The van der Waals surface area contributed by atoms with Crippen LogP contribution in [0.3, 0.4) is 0 Å². The van der Waals surface area contributed by atoms with Gasteiger partial charge in [-0.25, -0.2) is 0 Å². The summed E-state index contributed by atoms with van der Waals surface area (Å²) in [5.74, 6) is -0.248. The zero-order chi connectivity index (χ0) is 15.2. The van der Waals surface area contributed by atoms with Crippen LogP contribution < -0.4 is 5.43 Å². The standard InChI is InChI=1S/C17H18N2O2/c1-17(2,3)16-9-11-8-12(4-5-13(11)18-16)19-7-6-14(20)15(21)10-19/h4-10,18,21H,1-3H3. The van der Waals surface area contributed by atoms with Crippen molar-refractivity contribution in [3.63, 3.8) is 0 Å². The molecule has 3 rings (SSSR count). The largest absolute Gasteiger partial charge is 0.503 e. The smallest absolute Gasteiger partial charge is 0.223 e. The molecular formula is C17H18N2O2. The van der Waals surface area contributed by atoms with E-state index in [1.165, 1.54) is 18.0 Å². The third-order valence-electron chi connectivity index (χ3n) is 3.61. The monoisotopic (exact) mass is 282 g/mol.